The van der Waals surface area contributed by atoms with Gasteiger partial charge < -0.3 is 10.4 Å². The molecule has 0 saturated heterocycles. The lowest BCUT2D eigenvalue weighted by atomic mass is 9.80. The second-order valence-electron chi connectivity index (χ2n) is 10.6. The van der Waals surface area contributed by atoms with Crippen LogP contribution in [0.2, 0.25) is 0 Å². The van der Waals surface area contributed by atoms with Gasteiger partial charge in [-0.1, -0.05) is 96.8 Å². The van der Waals surface area contributed by atoms with E-state index in [9.17, 15) is 5.11 Å². The Morgan fingerprint density at radius 1 is 0.710 bits per heavy atom. The number of nitrogens with one attached hydrogen (secondary N) is 1. The summed E-state index contributed by atoms with van der Waals surface area (Å²) in [6.45, 7) is 11.0. The van der Waals surface area contributed by atoms with Crippen molar-refractivity contribution in [3.05, 3.63) is 22.3 Å². The molecule has 1 aromatic carbocycles. The summed E-state index contributed by atoms with van der Waals surface area (Å²) in [5.41, 5.74) is 6.16. The van der Waals surface area contributed by atoms with E-state index in [1.807, 2.05) is 6.92 Å². The standard InChI is InChI=1S/C29H51NO/c1-6-7-8-9-10-11-12-13-14-15-16-17-18-19-21-29(5)22-20-26-25(4)28(31)24(3)23(2)27(26)30-29/h30-31H,6-22H2,1-5H3. The summed E-state index contributed by atoms with van der Waals surface area (Å²) < 4.78 is 0. The average Bonchev–Trinajstić information content (AvgIpc) is 2.76. The maximum Gasteiger partial charge on any atom is 0.122 e. The molecular weight excluding hydrogens is 378 g/mol. The molecule has 2 rings (SSSR count). The number of phenolic OH excluding ortho intramolecular Hbond substituents is 1. The zero-order chi connectivity index (χ0) is 22.7. The molecule has 0 aromatic heterocycles. The maximum absolute atomic E-state index is 10.4. The van der Waals surface area contributed by atoms with Gasteiger partial charge in [-0.25, -0.2) is 0 Å². The highest BCUT2D eigenvalue weighted by atomic mass is 16.3. The Morgan fingerprint density at radius 3 is 1.71 bits per heavy atom. The summed E-state index contributed by atoms with van der Waals surface area (Å²) in [4.78, 5) is 0. The molecule has 1 aliphatic rings. The molecular formula is C29H51NO. The van der Waals surface area contributed by atoms with Crippen LogP contribution in [0, 0.1) is 20.8 Å². The van der Waals surface area contributed by atoms with Gasteiger partial charge in [-0.15, -0.1) is 0 Å². The average molecular weight is 430 g/mol. The molecule has 0 spiro atoms. The first-order valence-electron chi connectivity index (χ1n) is 13.5. The van der Waals surface area contributed by atoms with E-state index in [2.05, 4.69) is 33.0 Å². The van der Waals surface area contributed by atoms with Crippen molar-refractivity contribution in [2.24, 2.45) is 0 Å². The van der Waals surface area contributed by atoms with E-state index in [0.29, 0.717) is 5.75 Å². The van der Waals surface area contributed by atoms with E-state index < -0.39 is 0 Å². The first-order chi connectivity index (χ1) is 14.9. The minimum atomic E-state index is 0.199. The molecule has 1 unspecified atom stereocenters. The van der Waals surface area contributed by atoms with Crippen molar-refractivity contribution in [1.29, 1.82) is 0 Å². The molecule has 1 atom stereocenters. The van der Waals surface area contributed by atoms with Crippen LogP contribution in [0.1, 0.15) is 139 Å². The summed E-state index contributed by atoms with van der Waals surface area (Å²) in [6, 6.07) is 0. The van der Waals surface area contributed by atoms with Crippen LogP contribution in [0.5, 0.6) is 5.75 Å². The summed E-state index contributed by atoms with van der Waals surface area (Å²) in [5.74, 6) is 0.494. The van der Waals surface area contributed by atoms with E-state index in [-0.39, 0.29) is 5.54 Å². The Bertz CT molecular complexity index is 665. The topological polar surface area (TPSA) is 32.3 Å². The van der Waals surface area contributed by atoms with Crippen LogP contribution < -0.4 is 5.32 Å². The fourth-order valence-electron chi connectivity index (χ4n) is 5.35. The monoisotopic (exact) mass is 429 g/mol. The van der Waals surface area contributed by atoms with Gasteiger partial charge in [0, 0.05) is 11.2 Å². The Balaban J connectivity index is 1.57. The minimum Gasteiger partial charge on any atom is -0.507 e. The SMILES string of the molecule is CCCCCCCCCCCCCCCCC1(C)CCc2c(C)c(O)c(C)c(C)c2N1. The lowest BCUT2D eigenvalue weighted by Crippen LogP contribution is -2.39. The van der Waals surface area contributed by atoms with Crippen molar-refractivity contribution in [2.45, 2.75) is 149 Å². The summed E-state index contributed by atoms with van der Waals surface area (Å²) in [7, 11) is 0. The molecule has 1 heterocycles. The summed E-state index contributed by atoms with van der Waals surface area (Å²) in [6.07, 6.45) is 23.4. The lowest BCUT2D eigenvalue weighted by molar-refractivity contribution is 0.399. The number of hydrogen-bond acceptors (Lipinski definition) is 2. The highest BCUT2D eigenvalue weighted by Gasteiger charge is 2.31. The molecule has 0 amide bonds. The summed E-state index contributed by atoms with van der Waals surface area (Å²) >= 11 is 0. The number of aromatic hydroxyl groups is 1. The molecule has 31 heavy (non-hydrogen) atoms. The van der Waals surface area contributed by atoms with Crippen LogP contribution in [0.4, 0.5) is 5.69 Å². The number of hydrogen-bond donors (Lipinski definition) is 2. The number of rotatable bonds is 15. The zero-order valence-corrected chi connectivity index (χ0v) is 21.5. The largest absolute Gasteiger partial charge is 0.507 e. The normalized spacial score (nSPS) is 18.1. The van der Waals surface area contributed by atoms with Crippen LogP contribution in [-0.2, 0) is 6.42 Å². The smallest absolute Gasteiger partial charge is 0.122 e. The number of anilines is 1. The van der Waals surface area contributed by atoms with Gasteiger partial charge in [0.15, 0.2) is 0 Å². The molecule has 0 saturated carbocycles. The predicted molar refractivity (Wildman–Crippen MR) is 138 cm³/mol. The van der Waals surface area contributed by atoms with Gasteiger partial charge in [-0.2, -0.15) is 0 Å². The minimum absolute atomic E-state index is 0.199. The Morgan fingerprint density at radius 2 is 1.19 bits per heavy atom. The van der Waals surface area contributed by atoms with E-state index in [4.69, 9.17) is 0 Å². The van der Waals surface area contributed by atoms with Crippen LogP contribution in [0.3, 0.4) is 0 Å². The number of phenols is 1. The maximum atomic E-state index is 10.4. The predicted octanol–water partition coefficient (Wildman–Crippen LogP) is 9.31. The van der Waals surface area contributed by atoms with Gasteiger partial charge in [0.2, 0.25) is 0 Å². The van der Waals surface area contributed by atoms with Crippen LogP contribution in [0.25, 0.3) is 0 Å². The van der Waals surface area contributed by atoms with Crippen molar-refractivity contribution in [1.82, 2.24) is 0 Å². The van der Waals surface area contributed by atoms with Gasteiger partial charge in [0.05, 0.1) is 0 Å². The number of unbranched alkanes of at least 4 members (excludes halogenated alkanes) is 13. The Hall–Kier alpha value is -1.18. The fraction of sp³-hybridized carbons (Fsp3) is 0.793. The third-order valence-electron chi connectivity index (χ3n) is 7.84. The second kappa shape index (κ2) is 13.4. The molecule has 0 bridgehead atoms. The van der Waals surface area contributed by atoms with Gasteiger partial charge in [-0.3, -0.25) is 0 Å². The second-order valence-corrected chi connectivity index (χ2v) is 10.6. The van der Waals surface area contributed by atoms with Crippen molar-refractivity contribution >= 4 is 5.69 Å². The molecule has 0 aliphatic carbocycles. The lowest BCUT2D eigenvalue weighted by Gasteiger charge is -2.39. The Labute approximate surface area is 193 Å². The quantitative estimate of drug-likeness (QED) is 0.215. The van der Waals surface area contributed by atoms with Crippen molar-refractivity contribution < 1.29 is 5.11 Å². The first kappa shape index (κ1) is 26.1. The van der Waals surface area contributed by atoms with Gasteiger partial charge in [0.25, 0.3) is 0 Å². The van der Waals surface area contributed by atoms with Crippen LogP contribution >= 0.6 is 0 Å². The van der Waals surface area contributed by atoms with E-state index in [0.717, 1.165) is 17.5 Å². The molecule has 2 heteroatoms. The highest BCUT2D eigenvalue weighted by Crippen LogP contribution is 2.42. The van der Waals surface area contributed by atoms with Gasteiger partial charge in [-0.05, 0) is 69.2 Å². The molecule has 2 nitrogen and oxygen atoms in total. The van der Waals surface area contributed by atoms with Gasteiger partial charge >= 0.3 is 0 Å². The van der Waals surface area contributed by atoms with Gasteiger partial charge in [0.1, 0.15) is 5.75 Å². The molecule has 178 valence electrons. The molecule has 1 aliphatic heterocycles. The highest BCUT2D eigenvalue weighted by molar-refractivity contribution is 5.69. The number of fused-ring (bicyclic) bond motifs is 1. The molecule has 0 radical (unpaired) electrons. The zero-order valence-electron chi connectivity index (χ0n) is 21.5. The van der Waals surface area contributed by atoms with Crippen LogP contribution in [0.15, 0.2) is 0 Å². The van der Waals surface area contributed by atoms with Crippen molar-refractivity contribution in [3.8, 4) is 5.75 Å². The van der Waals surface area contributed by atoms with Crippen molar-refractivity contribution in [3.63, 3.8) is 0 Å². The third-order valence-corrected chi connectivity index (χ3v) is 7.84. The number of benzene rings is 1. The van der Waals surface area contributed by atoms with Crippen molar-refractivity contribution in [2.75, 3.05) is 5.32 Å². The van der Waals surface area contributed by atoms with E-state index >= 15 is 0 Å². The van der Waals surface area contributed by atoms with E-state index in [1.165, 1.54) is 120 Å². The van der Waals surface area contributed by atoms with Crippen LogP contribution in [-0.4, -0.2) is 10.6 Å². The molecule has 1 aromatic rings. The fourth-order valence-corrected chi connectivity index (χ4v) is 5.35. The van der Waals surface area contributed by atoms with E-state index in [1.54, 1.807) is 0 Å². The summed E-state index contributed by atoms with van der Waals surface area (Å²) in [5, 5.41) is 14.3. The molecule has 0 fully saturated rings. The third kappa shape index (κ3) is 8.03. The Kier molecular flexibility index (Phi) is 11.3. The first-order valence-corrected chi connectivity index (χ1v) is 13.5. The molecule has 2 N–H and O–H groups in total.